The number of amides is 3. The van der Waals surface area contributed by atoms with Crippen LogP contribution in [0, 0.1) is 0 Å². The van der Waals surface area contributed by atoms with E-state index in [1.807, 2.05) is 12.1 Å². The normalized spacial score (nSPS) is 17.7. The molecule has 1 saturated heterocycles. The standard InChI is InChI=1S/C16H23ClN4O2/c17-13-6-4-12(5-7-13)10-19-16(23)20-11-15(22)21-8-2-1-3-14(21)9-18/h4-7,14H,1-3,8-11,18H2,(H2,19,20,23). The number of rotatable bonds is 5. The van der Waals surface area contributed by atoms with Crippen molar-refractivity contribution < 1.29 is 9.59 Å². The summed E-state index contributed by atoms with van der Waals surface area (Å²) < 4.78 is 0. The Morgan fingerprint density at radius 3 is 2.65 bits per heavy atom. The largest absolute Gasteiger partial charge is 0.337 e. The zero-order valence-corrected chi connectivity index (χ0v) is 13.8. The lowest BCUT2D eigenvalue weighted by Crippen LogP contribution is -2.51. The fraction of sp³-hybridized carbons (Fsp3) is 0.500. The number of urea groups is 1. The van der Waals surface area contributed by atoms with E-state index in [9.17, 15) is 9.59 Å². The van der Waals surface area contributed by atoms with Crippen LogP contribution in [0.3, 0.4) is 0 Å². The third-order valence-electron chi connectivity index (χ3n) is 3.99. The van der Waals surface area contributed by atoms with Crippen molar-refractivity contribution in [2.75, 3.05) is 19.6 Å². The van der Waals surface area contributed by atoms with Gasteiger partial charge in [0.25, 0.3) is 0 Å². The van der Waals surface area contributed by atoms with Gasteiger partial charge in [0, 0.05) is 30.7 Å². The molecule has 0 spiro atoms. The SMILES string of the molecule is NCC1CCCCN1C(=O)CNC(=O)NCc1ccc(Cl)cc1. The molecule has 126 valence electrons. The van der Waals surface area contributed by atoms with E-state index in [1.54, 1.807) is 17.0 Å². The molecule has 1 heterocycles. The van der Waals surface area contributed by atoms with Crippen LogP contribution in [0.15, 0.2) is 24.3 Å². The zero-order chi connectivity index (χ0) is 16.7. The summed E-state index contributed by atoms with van der Waals surface area (Å²) in [5, 5.41) is 5.96. The lowest BCUT2D eigenvalue weighted by atomic mass is 10.0. The van der Waals surface area contributed by atoms with Crippen LogP contribution in [0.4, 0.5) is 4.79 Å². The van der Waals surface area contributed by atoms with Crippen molar-refractivity contribution in [1.82, 2.24) is 15.5 Å². The molecule has 2 rings (SSSR count). The monoisotopic (exact) mass is 338 g/mol. The fourth-order valence-electron chi connectivity index (χ4n) is 2.68. The molecule has 0 saturated carbocycles. The molecule has 6 nitrogen and oxygen atoms in total. The van der Waals surface area contributed by atoms with E-state index in [2.05, 4.69) is 10.6 Å². The summed E-state index contributed by atoms with van der Waals surface area (Å²) in [7, 11) is 0. The van der Waals surface area contributed by atoms with E-state index < -0.39 is 0 Å². The van der Waals surface area contributed by atoms with E-state index in [-0.39, 0.29) is 24.5 Å². The lowest BCUT2D eigenvalue weighted by Gasteiger charge is -2.35. The van der Waals surface area contributed by atoms with Gasteiger partial charge in [0.1, 0.15) is 0 Å². The van der Waals surface area contributed by atoms with Crippen LogP contribution in [-0.2, 0) is 11.3 Å². The van der Waals surface area contributed by atoms with Crippen molar-refractivity contribution in [2.45, 2.75) is 31.8 Å². The number of carbonyl (C=O) groups is 2. The van der Waals surface area contributed by atoms with Crippen molar-refractivity contribution in [3.63, 3.8) is 0 Å². The summed E-state index contributed by atoms with van der Waals surface area (Å²) in [6.45, 7) is 1.55. The molecule has 1 unspecified atom stereocenters. The molecule has 1 atom stereocenters. The van der Waals surface area contributed by atoms with E-state index in [0.717, 1.165) is 31.4 Å². The topological polar surface area (TPSA) is 87.5 Å². The fourth-order valence-corrected chi connectivity index (χ4v) is 2.80. The van der Waals surface area contributed by atoms with Crippen LogP contribution in [0.25, 0.3) is 0 Å². The summed E-state index contributed by atoms with van der Waals surface area (Å²) in [6.07, 6.45) is 3.02. The summed E-state index contributed by atoms with van der Waals surface area (Å²) in [5.74, 6) is -0.0817. The maximum Gasteiger partial charge on any atom is 0.315 e. The number of carbonyl (C=O) groups excluding carboxylic acids is 2. The molecule has 4 N–H and O–H groups in total. The summed E-state index contributed by atoms with van der Waals surface area (Å²) in [4.78, 5) is 25.8. The second-order valence-electron chi connectivity index (χ2n) is 5.64. The van der Waals surface area contributed by atoms with Crippen LogP contribution in [0.5, 0.6) is 0 Å². The first-order chi connectivity index (χ1) is 11.1. The average molecular weight is 339 g/mol. The second kappa shape index (κ2) is 8.74. The van der Waals surface area contributed by atoms with E-state index in [4.69, 9.17) is 17.3 Å². The number of nitrogens with one attached hydrogen (secondary N) is 2. The first-order valence-electron chi connectivity index (χ1n) is 7.86. The van der Waals surface area contributed by atoms with Gasteiger partial charge in [0.2, 0.25) is 5.91 Å². The van der Waals surface area contributed by atoms with Crippen LogP contribution >= 0.6 is 11.6 Å². The summed E-state index contributed by atoms with van der Waals surface area (Å²) >= 11 is 5.81. The Balaban J connectivity index is 1.73. The number of nitrogens with zero attached hydrogens (tertiary/aromatic N) is 1. The molecule has 3 amide bonds. The minimum Gasteiger partial charge on any atom is -0.337 e. The summed E-state index contributed by atoms with van der Waals surface area (Å²) in [5.41, 5.74) is 6.65. The number of nitrogens with two attached hydrogens (primary N) is 1. The Labute approximate surface area is 141 Å². The first kappa shape index (κ1) is 17.6. The molecule has 7 heteroatoms. The molecular weight excluding hydrogens is 316 g/mol. The number of piperidine rings is 1. The number of likely N-dealkylation sites (tertiary alicyclic amines) is 1. The number of benzene rings is 1. The molecule has 1 aliphatic rings. The molecule has 0 aromatic heterocycles. The highest BCUT2D eigenvalue weighted by Gasteiger charge is 2.25. The predicted octanol–water partition coefficient (Wildman–Crippen LogP) is 1.48. The van der Waals surface area contributed by atoms with Crippen molar-refractivity contribution in [3.05, 3.63) is 34.9 Å². The Morgan fingerprint density at radius 1 is 1.22 bits per heavy atom. The minimum absolute atomic E-state index is 0.0110. The Bertz CT molecular complexity index is 535. The van der Waals surface area contributed by atoms with E-state index >= 15 is 0 Å². The van der Waals surface area contributed by atoms with Crippen molar-refractivity contribution >= 4 is 23.5 Å². The molecule has 0 bridgehead atoms. The van der Waals surface area contributed by atoms with Gasteiger partial charge >= 0.3 is 6.03 Å². The van der Waals surface area contributed by atoms with E-state index in [0.29, 0.717) is 18.1 Å². The van der Waals surface area contributed by atoms with Gasteiger partial charge in [-0.15, -0.1) is 0 Å². The van der Waals surface area contributed by atoms with Crippen molar-refractivity contribution in [3.8, 4) is 0 Å². The molecule has 1 aliphatic heterocycles. The molecule has 23 heavy (non-hydrogen) atoms. The highest BCUT2D eigenvalue weighted by molar-refractivity contribution is 6.30. The quantitative estimate of drug-likeness (QED) is 0.760. The number of hydrogen-bond donors (Lipinski definition) is 3. The average Bonchev–Trinajstić information content (AvgIpc) is 2.59. The van der Waals surface area contributed by atoms with Gasteiger partial charge in [-0.25, -0.2) is 4.79 Å². The lowest BCUT2D eigenvalue weighted by molar-refractivity contribution is -0.133. The Morgan fingerprint density at radius 2 is 1.96 bits per heavy atom. The van der Waals surface area contributed by atoms with Crippen LogP contribution in [0.2, 0.25) is 5.02 Å². The van der Waals surface area contributed by atoms with E-state index in [1.165, 1.54) is 0 Å². The first-order valence-corrected chi connectivity index (χ1v) is 8.23. The Kier molecular flexibility index (Phi) is 6.67. The van der Waals surface area contributed by atoms with Crippen LogP contribution < -0.4 is 16.4 Å². The molecular formula is C16H23ClN4O2. The van der Waals surface area contributed by atoms with Crippen molar-refractivity contribution in [1.29, 1.82) is 0 Å². The van der Waals surface area contributed by atoms with Crippen LogP contribution in [0.1, 0.15) is 24.8 Å². The van der Waals surface area contributed by atoms with Gasteiger partial charge in [-0.05, 0) is 37.0 Å². The highest BCUT2D eigenvalue weighted by Crippen LogP contribution is 2.15. The molecule has 1 aromatic carbocycles. The van der Waals surface area contributed by atoms with Gasteiger partial charge in [-0.1, -0.05) is 23.7 Å². The smallest absolute Gasteiger partial charge is 0.315 e. The highest BCUT2D eigenvalue weighted by atomic mass is 35.5. The molecule has 1 fully saturated rings. The maximum absolute atomic E-state index is 12.2. The third kappa shape index (κ3) is 5.41. The second-order valence-corrected chi connectivity index (χ2v) is 6.07. The Hall–Kier alpha value is -1.79. The van der Waals surface area contributed by atoms with Gasteiger partial charge < -0.3 is 21.3 Å². The molecule has 0 radical (unpaired) electrons. The maximum atomic E-state index is 12.2. The third-order valence-corrected chi connectivity index (χ3v) is 4.24. The molecule has 0 aliphatic carbocycles. The number of hydrogen-bond acceptors (Lipinski definition) is 3. The van der Waals surface area contributed by atoms with Gasteiger partial charge in [-0.3, -0.25) is 4.79 Å². The van der Waals surface area contributed by atoms with Crippen LogP contribution in [-0.4, -0.2) is 42.5 Å². The number of halogens is 1. The van der Waals surface area contributed by atoms with Gasteiger partial charge in [-0.2, -0.15) is 0 Å². The molecule has 1 aromatic rings. The van der Waals surface area contributed by atoms with Crippen molar-refractivity contribution in [2.24, 2.45) is 5.73 Å². The minimum atomic E-state index is -0.366. The summed E-state index contributed by atoms with van der Waals surface area (Å²) in [6, 6.07) is 6.94. The zero-order valence-electron chi connectivity index (χ0n) is 13.1. The van der Waals surface area contributed by atoms with Gasteiger partial charge in [0.15, 0.2) is 0 Å². The predicted molar refractivity (Wildman–Crippen MR) is 90.1 cm³/mol. The van der Waals surface area contributed by atoms with Gasteiger partial charge in [0.05, 0.1) is 6.54 Å².